The Hall–Kier alpha value is -2.63. The molecular formula is C20H19N3O5S3. The molecule has 4 rings (SSSR count). The van der Waals surface area contributed by atoms with E-state index in [9.17, 15) is 22.8 Å². The number of thiophene rings is 1. The van der Waals surface area contributed by atoms with Crippen LogP contribution in [0.25, 0.3) is 10.2 Å². The molecule has 8 nitrogen and oxygen atoms in total. The van der Waals surface area contributed by atoms with Gasteiger partial charge in [0.1, 0.15) is 6.54 Å². The first-order valence-corrected chi connectivity index (χ1v) is 13.1. The monoisotopic (exact) mass is 477 g/mol. The van der Waals surface area contributed by atoms with Crippen LogP contribution in [0.3, 0.4) is 0 Å². The molecule has 162 valence electrons. The van der Waals surface area contributed by atoms with Gasteiger partial charge in [0.15, 0.2) is 15.0 Å². The number of aromatic nitrogens is 1. The van der Waals surface area contributed by atoms with Crippen LogP contribution < -0.4 is 4.90 Å². The van der Waals surface area contributed by atoms with Crippen molar-refractivity contribution < 1.29 is 22.8 Å². The Balaban J connectivity index is 1.65. The molecule has 0 radical (unpaired) electrons. The molecule has 0 spiro atoms. The maximum Gasteiger partial charge on any atom is 0.248 e. The van der Waals surface area contributed by atoms with Gasteiger partial charge in [0, 0.05) is 30.5 Å². The van der Waals surface area contributed by atoms with Crippen LogP contribution in [0.4, 0.5) is 5.13 Å². The highest BCUT2D eigenvalue weighted by molar-refractivity contribution is 7.90. The molecule has 1 saturated heterocycles. The zero-order chi connectivity index (χ0) is 22.2. The first-order valence-electron chi connectivity index (χ1n) is 9.49. The lowest BCUT2D eigenvalue weighted by Gasteiger charge is -2.22. The smallest absolute Gasteiger partial charge is 0.248 e. The van der Waals surface area contributed by atoms with Crippen LogP contribution in [0.1, 0.15) is 17.7 Å². The molecule has 31 heavy (non-hydrogen) atoms. The number of amides is 3. The summed E-state index contributed by atoms with van der Waals surface area (Å²) in [6.45, 7) is 0.000937. The average Bonchev–Trinajstić information content (AvgIpc) is 3.44. The van der Waals surface area contributed by atoms with Crippen LogP contribution in [0.5, 0.6) is 0 Å². The Labute approximate surface area is 187 Å². The van der Waals surface area contributed by atoms with Gasteiger partial charge in [0.2, 0.25) is 17.7 Å². The predicted molar refractivity (Wildman–Crippen MR) is 119 cm³/mol. The second-order valence-corrected chi connectivity index (χ2v) is 11.2. The van der Waals surface area contributed by atoms with Crippen molar-refractivity contribution in [2.75, 3.05) is 24.2 Å². The van der Waals surface area contributed by atoms with Gasteiger partial charge in [-0.2, -0.15) is 0 Å². The third-order valence-corrected chi connectivity index (χ3v) is 8.01. The highest BCUT2D eigenvalue weighted by Crippen LogP contribution is 2.31. The topological polar surface area (TPSA) is 105 Å². The number of likely N-dealkylation sites (tertiary alicyclic amines) is 1. The maximum absolute atomic E-state index is 13.1. The van der Waals surface area contributed by atoms with Crippen LogP contribution in [0.15, 0.2) is 40.6 Å². The lowest BCUT2D eigenvalue weighted by Crippen LogP contribution is -2.43. The largest absolute Gasteiger partial charge is 0.286 e. The summed E-state index contributed by atoms with van der Waals surface area (Å²) >= 11 is 2.78. The number of hydrogen-bond donors (Lipinski definition) is 0. The molecule has 1 aliphatic rings. The number of carbonyl (C=O) groups is 3. The Morgan fingerprint density at radius 2 is 1.94 bits per heavy atom. The highest BCUT2D eigenvalue weighted by atomic mass is 32.2. The molecule has 1 fully saturated rings. The van der Waals surface area contributed by atoms with E-state index in [1.807, 2.05) is 17.5 Å². The summed E-state index contributed by atoms with van der Waals surface area (Å²) in [5.41, 5.74) is 0.578. The summed E-state index contributed by atoms with van der Waals surface area (Å²) in [4.78, 5) is 45.3. The van der Waals surface area contributed by atoms with E-state index in [0.29, 0.717) is 28.3 Å². The fourth-order valence-electron chi connectivity index (χ4n) is 3.26. The number of thiazole rings is 1. The van der Waals surface area contributed by atoms with Gasteiger partial charge in [-0.3, -0.25) is 24.2 Å². The quantitative estimate of drug-likeness (QED) is 0.484. The molecule has 1 aliphatic heterocycles. The van der Waals surface area contributed by atoms with E-state index >= 15 is 0 Å². The fraction of sp³-hybridized carbons (Fsp3) is 0.300. The SMILES string of the molecule is CS(=O)(=O)c1ccc2nc(N(CCc3cccs3)C(=O)CN3C(=O)CCC3=O)sc2c1. The number of benzene rings is 1. The number of imide groups is 1. The molecule has 0 aliphatic carbocycles. The van der Waals surface area contributed by atoms with Crippen molar-refractivity contribution in [1.82, 2.24) is 9.88 Å². The van der Waals surface area contributed by atoms with E-state index < -0.39 is 15.7 Å². The van der Waals surface area contributed by atoms with Crippen molar-refractivity contribution in [2.24, 2.45) is 0 Å². The van der Waals surface area contributed by atoms with Crippen LogP contribution in [0.2, 0.25) is 0 Å². The van der Waals surface area contributed by atoms with Crippen LogP contribution >= 0.6 is 22.7 Å². The second-order valence-electron chi connectivity index (χ2n) is 7.15. The highest BCUT2D eigenvalue weighted by Gasteiger charge is 2.32. The van der Waals surface area contributed by atoms with E-state index in [2.05, 4.69) is 4.98 Å². The minimum Gasteiger partial charge on any atom is -0.286 e. The first kappa shape index (κ1) is 21.6. The summed E-state index contributed by atoms with van der Waals surface area (Å²) in [5, 5.41) is 2.36. The zero-order valence-electron chi connectivity index (χ0n) is 16.6. The standard InChI is InChI=1S/C20H19N3O5S3/c1-31(27,28)14-4-5-15-16(11-14)30-20(21-15)22(9-8-13-3-2-10-29-13)19(26)12-23-17(24)6-7-18(23)25/h2-5,10-11H,6-9,12H2,1H3. The van der Waals surface area contributed by atoms with Crippen LogP contribution in [-0.4, -0.2) is 55.4 Å². The normalized spacial score (nSPS) is 14.5. The van der Waals surface area contributed by atoms with Gasteiger partial charge in [-0.25, -0.2) is 13.4 Å². The van der Waals surface area contributed by atoms with Crippen molar-refractivity contribution in [3.05, 3.63) is 40.6 Å². The maximum atomic E-state index is 13.1. The van der Waals surface area contributed by atoms with Gasteiger partial charge in [-0.15, -0.1) is 11.3 Å². The molecule has 2 aromatic heterocycles. The molecule has 0 bridgehead atoms. The number of rotatable bonds is 7. The molecule has 0 unspecified atom stereocenters. The summed E-state index contributed by atoms with van der Waals surface area (Å²) in [7, 11) is -3.37. The van der Waals surface area contributed by atoms with E-state index in [1.165, 1.54) is 22.3 Å². The van der Waals surface area contributed by atoms with Crippen LogP contribution in [0, 0.1) is 0 Å². The predicted octanol–water partition coefficient (Wildman–Crippen LogP) is 2.49. The van der Waals surface area contributed by atoms with E-state index in [1.54, 1.807) is 23.5 Å². The molecule has 3 heterocycles. The number of anilines is 1. The summed E-state index contributed by atoms with van der Waals surface area (Å²) < 4.78 is 24.4. The van der Waals surface area contributed by atoms with Crippen LogP contribution in [-0.2, 0) is 30.6 Å². The minimum absolute atomic E-state index is 0.122. The lowest BCUT2D eigenvalue weighted by atomic mass is 10.3. The minimum atomic E-state index is -3.37. The second kappa shape index (κ2) is 8.48. The van der Waals surface area contributed by atoms with Gasteiger partial charge >= 0.3 is 0 Å². The third-order valence-electron chi connectivity index (χ3n) is 4.92. The van der Waals surface area contributed by atoms with Crippen molar-refractivity contribution in [3.8, 4) is 0 Å². The van der Waals surface area contributed by atoms with Gasteiger partial charge in [-0.1, -0.05) is 17.4 Å². The van der Waals surface area contributed by atoms with Gasteiger partial charge in [-0.05, 0) is 36.1 Å². The van der Waals surface area contributed by atoms with Crippen molar-refractivity contribution in [2.45, 2.75) is 24.2 Å². The average molecular weight is 478 g/mol. The molecule has 0 atom stereocenters. The molecule has 3 aromatic rings. The number of hydrogen-bond acceptors (Lipinski definition) is 8. The van der Waals surface area contributed by atoms with Crippen molar-refractivity contribution in [3.63, 3.8) is 0 Å². The summed E-state index contributed by atoms with van der Waals surface area (Å²) in [6.07, 6.45) is 1.97. The van der Waals surface area contributed by atoms with E-state index in [-0.39, 0.29) is 36.1 Å². The number of nitrogens with zero attached hydrogens (tertiary/aromatic N) is 3. The van der Waals surface area contributed by atoms with Gasteiger partial charge in [0.25, 0.3) is 0 Å². The number of carbonyl (C=O) groups excluding carboxylic acids is 3. The first-order chi connectivity index (χ1) is 14.7. The molecule has 1 aromatic carbocycles. The molecular weight excluding hydrogens is 458 g/mol. The molecule has 0 N–H and O–H groups in total. The van der Waals surface area contributed by atoms with Gasteiger partial charge in [0.05, 0.1) is 15.1 Å². The Kier molecular flexibility index (Phi) is 5.91. The third kappa shape index (κ3) is 4.68. The molecule has 3 amide bonds. The molecule has 0 saturated carbocycles. The Morgan fingerprint density at radius 3 is 2.58 bits per heavy atom. The lowest BCUT2D eigenvalue weighted by molar-refractivity contribution is -0.141. The van der Waals surface area contributed by atoms with E-state index in [4.69, 9.17) is 0 Å². The zero-order valence-corrected chi connectivity index (χ0v) is 19.1. The summed E-state index contributed by atoms with van der Waals surface area (Å²) in [6, 6.07) is 8.54. The molecule has 11 heteroatoms. The Bertz CT molecular complexity index is 1250. The Morgan fingerprint density at radius 1 is 1.19 bits per heavy atom. The summed E-state index contributed by atoms with van der Waals surface area (Å²) in [5.74, 6) is -1.10. The van der Waals surface area contributed by atoms with E-state index in [0.717, 1.165) is 16.0 Å². The number of sulfone groups is 1. The van der Waals surface area contributed by atoms with Gasteiger partial charge < -0.3 is 0 Å². The number of fused-ring (bicyclic) bond motifs is 1. The fourth-order valence-corrected chi connectivity index (χ4v) is 5.73. The van der Waals surface area contributed by atoms with Crippen molar-refractivity contribution >= 4 is 65.6 Å². The van der Waals surface area contributed by atoms with Crippen molar-refractivity contribution in [1.29, 1.82) is 0 Å².